The van der Waals surface area contributed by atoms with Gasteiger partial charge in [0.05, 0.1) is 21.6 Å². The van der Waals surface area contributed by atoms with Crippen LogP contribution in [0.1, 0.15) is 20.3 Å². The fourth-order valence-corrected chi connectivity index (χ4v) is 4.88. The predicted molar refractivity (Wildman–Crippen MR) is 90.1 cm³/mol. The van der Waals surface area contributed by atoms with Crippen molar-refractivity contribution in [2.75, 3.05) is 6.61 Å². The lowest BCUT2D eigenvalue weighted by atomic mass is 9.96. The highest BCUT2D eigenvalue weighted by molar-refractivity contribution is 7.87. The minimum atomic E-state index is -1.82. The molecule has 0 saturated carbocycles. The van der Waals surface area contributed by atoms with Crippen LogP contribution in [0, 0.1) is 11.3 Å². The van der Waals surface area contributed by atoms with Crippen LogP contribution in [0.5, 0.6) is 0 Å². The van der Waals surface area contributed by atoms with Gasteiger partial charge in [-0.1, -0.05) is 34.8 Å². The molecule has 0 spiro atoms. The molecule has 2 fully saturated rings. The van der Waals surface area contributed by atoms with Crippen LogP contribution in [0.4, 0.5) is 0 Å². The van der Waals surface area contributed by atoms with Gasteiger partial charge < -0.3 is 15.0 Å². The molecule has 1 N–H and O–H groups in total. The molecule has 3 unspecified atom stereocenters. The maximum atomic E-state index is 12.7. The van der Waals surface area contributed by atoms with Crippen molar-refractivity contribution in [1.29, 1.82) is 5.26 Å². The molecule has 0 radical (unpaired) electrons. The average molecular weight is 431 g/mol. The summed E-state index contributed by atoms with van der Waals surface area (Å²) in [6, 6.07) is -0.529. The topological polar surface area (TPSA) is 117 Å². The smallest absolute Gasteiger partial charge is 0.330 e. The minimum Gasteiger partial charge on any atom is -0.460 e. The Labute approximate surface area is 161 Å². The Hall–Kier alpha value is -1.08. The third kappa shape index (κ3) is 3.72. The number of rotatable bonds is 4. The Balaban J connectivity index is 2.18. The number of esters is 1. The number of hydrogen-bond acceptors (Lipinski definition) is 6. The first-order valence-corrected chi connectivity index (χ1v) is 9.39. The number of amides is 2. The molecule has 4 atom stereocenters. The van der Waals surface area contributed by atoms with Gasteiger partial charge in [0.1, 0.15) is 30.5 Å². The number of nitriles is 1. The Morgan fingerprint density at radius 3 is 2.56 bits per heavy atom. The van der Waals surface area contributed by atoms with Crippen molar-refractivity contribution >= 4 is 63.4 Å². The third-order valence-corrected chi connectivity index (χ3v) is 6.44. The quantitative estimate of drug-likeness (QED) is 0.391. The number of alkyl halides is 3. The maximum Gasteiger partial charge on any atom is 0.330 e. The molecular formula is C13H14Cl3N3O5S. The van der Waals surface area contributed by atoms with Crippen molar-refractivity contribution in [3.8, 4) is 6.07 Å². The van der Waals surface area contributed by atoms with E-state index in [9.17, 15) is 18.6 Å². The Bertz CT molecular complexity index is 687. The van der Waals surface area contributed by atoms with Gasteiger partial charge in [-0.2, -0.15) is 5.26 Å². The van der Waals surface area contributed by atoms with Crippen LogP contribution in [0.25, 0.3) is 0 Å². The second-order valence-electron chi connectivity index (χ2n) is 6.04. The Kier molecular flexibility index (Phi) is 5.59. The first kappa shape index (κ1) is 20.2. The van der Waals surface area contributed by atoms with E-state index in [-0.39, 0.29) is 0 Å². The average Bonchev–Trinajstić information content (AvgIpc) is 2.67. The van der Waals surface area contributed by atoms with Gasteiger partial charge in [-0.15, -0.1) is 0 Å². The predicted octanol–water partition coefficient (Wildman–Crippen LogP) is 0.376. The van der Waals surface area contributed by atoms with E-state index in [0.29, 0.717) is 0 Å². The van der Waals surface area contributed by atoms with Gasteiger partial charge in [0.15, 0.2) is 0 Å². The number of hydrogen-bond donors (Lipinski definition) is 1. The van der Waals surface area contributed by atoms with E-state index < -0.39 is 67.6 Å². The molecule has 2 rings (SSSR count). The lowest BCUT2D eigenvalue weighted by Gasteiger charge is -2.43. The zero-order valence-corrected chi connectivity index (χ0v) is 16.2. The van der Waals surface area contributed by atoms with Gasteiger partial charge in [0.2, 0.25) is 15.6 Å². The number of β-lactam (4-membered cyclic amide) rings is 1. The summed E-state index contributed by atoms with van der Waals surface area (Å²) < 4.78 is 14.7. The van der Waals surface area contributed by atoms with E-state index in [1.807, 2.05) is 0 Å². The molecule has 0 aromatic heterocycles. The zero-order chi connectivity index (χ0) is 19.2. The van der Waals surface area contributed by atoms with Gasteiger partial charge in [0, 0.05) is 0 Å². The minimum absolute atomic E-state index is 0.429. The summed E-state index contributed by atoms with van der Waals surface area (Å²) in [5.74, 6) is -2.08. The summed E-state index contributed by atoms with van der Waals surface area (Å²) in [5, 5.41) is 9.99. The monoisotopic (exact) mass is 429 g/mol. The summed E-state index contributed by atoms with van der Waals surface area (Å²) in [6.45, 7) is 2.57. The summed E-state index contributed by atoms with van der Waals surface area (Å²) >= 11 is 16.6. The van der Waals surface area contributed by atoms with E-state index in [2.05, 4.69) is 5.32 Å². The molecule has 2 aliphatic rings. The molecule has 2 saturated heterocycles. The van der Waals surface area contributed by atoms with Crippen LogP contribution < -0.4 is 5.32 Å². The van der Waals surface area contributed by atoms with Crippen molar-refractivity contribution in [2.24, 2.45) is 0 Å². The van der Waals surface area contributed by atoms with Gasteiger partial charge in [-0.3, -0.25) is 13.8 Å². The second kappa shape index (κ2) is 6.91. The highest BCUT2D eigenvalue weighted by Crippen LogP contribution is 2.44. The molecule has 2 amide bonds. The highest BCUT2D eigenvalue weighted by atomic mass is 35.6. The largest absolute Gasteiger partial charge is 0.460 e. The molecule has 25 heavy (non-hydrogen) atoms. The second-order valence-corrected chi connectivity index (χ2v) is 10.7. The molecule has 138 valence electrons. The first-order chi connectivity index (χ1) is 11.4. The summed E-state index contributed by atoms with van der Waals surface area (Å²) in [7, 11) is -1.66. The van der Waals surface area contributed by atoms with Crippen LogP contribution in [0.2, 0.25) is 0 Å². The van der Waals surface area contributed by atoms with Crippen LogP contribution in [-0.2, 0) is 29.9 Å². The van der Waals surface area contributed by atoms with Gasteiger partial charge >= 0.3 is 5.97 Å². The molecule has 0 aliphatic carbocycles. The molecule has 2 heterocycles. The van der Waals surface area contributed by atoms with E-state index in [1.54, 1.807) is 19.9 Å². The summed E-state index contributed by atoms with van der Waals surface area (Å²) in [6.07, 6.45) is -0.429. The Morgan fingerprint density at radius 1 is 1.44 bits per heavy atom. The lowest BCUT2D eigenvalue weighted by molar-refractivity contribution is -0.164. The molecule has 12 heteroatoms. The zero-order valence-electron chi connectivity index (χ0n) is 13.1. The highest BCUT2D eigenvalue weighted by Gasteiger charge is 2.68. The molecule has 2 aliphatic heterocycles. The fraction of sp³-hybridized carbons (Fsp3) is 0.692. The normalized spacial score (nSPS) is 30.1. The van der Waals surface area contributed by atoms with Crippen molar-refractivity contribution in [3.63, 3.8) is 0 Å². The number of halogens is 3. The number of carbonyl (C=O) groups excluding carboxylic acids is 3. The molecule has 0 bridgehead atoms. The number of nitrogens with one attached hydrogen (secondary N) is 1. The van der Waals surface area contributed by atoms with Gasteiger partial charge in [-0.25, -0.2) is 4.79 Å². The standard InChI is InChI=1S/C13H14Cl3N3O5S/c1-12(2)8(11(22)24-5-13(14,15)16)19-9(21)7(10(19)25(12)23)18-6(20)3-4-17/h7-8,10H,3,5H2,1-2H3,(H,18,20)/t7?,8?,10-,25?/m0/s1. The van der Waals surface area contributed by atoms with E-state index in [1.165, 1.54) is 0 Å². The van der Waals surface area contributed by atoms with Crippen LogP contribution in [0.15, 0.2) is 0 Å². The van der Waals surface area contributed by atoms with Crippen molar-refractivity contribution in [2.45, 2.75) is 46.3 Å². The molecule has 0 aromatic carbocycles. The Morgan fingerprint density at radius 2 is 2.04 bits per heavy atom. The number of ether oxygens (including phenoxy) is 1. The SMILES string of the molecule is CC1(C)C(C(=O)OCC(Cl)(Cl)Cl)N2C(=O)C(NC(=O)CC#N)[C@@H]2S1=O. The summed E-state index contributed by atoms with van der Waals surface area (Å²) in [5.41, 5.74) is 0. The van der Waals surface area contributed by atoms with Crippen molar-refractivity contribution in [3.05, 3.63) is 0 Å². The first-order valence-electron chi connectivity index (χ1n) is 7.04. The maximum absolute atomic E-state index is 12.7. The van der Waals surface area contributed by atoms with Crippen molar-refractivity contribution in [1.82, 2.24) is 10.2 Å². The van der Waals surface area contributed by atoms with E-state index >= 15 is 0 Å². The van der Waals surface area contributed by atoms with Crippen LogP contribution >= 0.6 is 34.8 Å². The van der Waals surface area contributed by atoms with Crippen LogP contribution in [-0.4, -0.2) is 59.5 Å². The van der Waals surface area contributed by atoms with E-state index in [4.69, 9.17) is 44.8 Å². The molecule has 0 aromatic rings. The molecular weight excluding hydrogens is 417 g/mol. The van der Waals surface area contributed by atoms with Crippen molar-refractivity contribution < 1.29 is 23.3 Å². The number of fused-ring (bicyclic) bond motifs is 1. The summed E-state index contributed by atoms with van der Waals surface area (Å²) in [4.78, 5) is 37.4. The van der Waals surface area contributed by atoms with E-state index in [0.717, 1.165) is 4.90 Å². The lowest BCUT2D eigenvalue weighted by Crippen LogP contribution is -2.71. The molecule has 8 nitrogen and oxygen atoms in total. The fourth-order valence-electron chi connectivity index (χ4n) is 2.80. The van der Waals surface area contributed by atoms with Gasteiger partial charge in [-0.05, 0) is 13.8 Å². The number of nitrogens with zero attached hydrogens (tertiary/aromatic N) is 2. The van der Waals surface area contributed by atoms with Crippen LogP contribution in [0.3, 0.4) is 0 Å². The number of carbonyl (C=O) groups is 3. The third-order valence-electron chi connectivity index (χ3n) is 3.91. The van der Waals surface area contributed by atoms with Gasteiger partial charge in [0.25, 0.3) is 0 Å².